The molecule has 10 heteroatoms. The average molecular weight is 413 g/mol. The minimum absolute atomic E-state index is 0.0645. The van der Waals surface area contributed by atoms with Crippen LogP contribution in [-0.2, 0) is 11.8 Å². The van der Waals surface area contributed by atoms with Crippen LogP contribution in [0.1, 0.15) is 0 Å². The molecule has 0 saturated heterocycles. The zero-order valence-corrected chi connectivity index (χ0v) is 16.1. The normalized spacial score (nSPS) is 10.4. The predicted octanol–water partition coefficient (Wildman–Crippen LogP) is 3.08. The highest BCUT2D eigenvalue weighted by molar-refractivity contribution is 5.99. The van der Waals surface area contributed by atoms with Crippen LogP contribution >= 0.6 is 0 Å². The van der Waals surface area contributed by atoms with Crippen molar-refractivity contribution in [2.24, 2.45) is 7.05 Å². The van der Waals surface area contributed by atoms with E-state index in [0.717, 1.165) is 22.9 Å². The second-order valence-corrected chi connectivity index (χ2v) is 6.07. The topological polar surface area (TPSA) is 98.1 Å². The summed E-state index contributed by atoms with van der Waals surface area (Å²) < 4.78 is 33.9. The number of amides is 1. The SMILES string of the molecule is C=CC(=O)Nc1cnc(Oc2ccc(F)cc2F)c(-c2cc(NC)c(=O)n(C)n2)c1. The van der Waals surface area contributed by atoms with Crippen molar-refractivity contribution in [1.29, 1.82) is 0 Å². The van der Waals surface area contributed by atoms with Gasteiger partial charge in [0.05, 0.1) is 23.1 Å². The van der Waals surface area contributed by atoms with Crippen molar-refractivity contribution in [3.05, 3.63) is 71.2 Å². The number of pyridine rings is 1. The third kappa shape index (κ3) is 4.32. The zero-order valence-electron chi connectivity index (χ0n) is 16.1. The standard InChI is InChI=1S/C20H17F2N5O3/c1-4-18(28)25-12-8-13(15-9-16(23-2)20(29)27(3)26-15)19(24-10-12)30-17-6-5-11(21)7-14(17)22/h4-10,23H,1H2,2-3H3,(H,25,28). The number of anilines is 2. The van der Waals surface area contributed by atoms with Crippen molar-refractivity contribution in [1.82, 2.24) is 14.8 Å². The maximum atomic E-state index is 14.1. The van der Waals surface area contributed by atoms with Crippen molar-refractivity contribution in [3.63, 3.8) is 0 Å². The molecule has 0 spiro atoms. The summed E-state index contributed by atoms with van der Waals surface area (Å²) in [7, 11) is 3.04. The number of benzene rings is 1. The van der Waals surface area contributed by atoms with Crippen LogP contribution in [0.4, 0.5) is 20.2 Å². The first-order valence-corrected chi connectivity index (χ1v) is 8.65. The van der Waals surface area contributed by atoms with Crippen molar-refractivity contribution in [2.75, 3.05) is 17.7 Å². The van der Waals surface area contributed by atoms with Crippen LogP contribution in [0.2, 0.25) is 0 Å². The summed E-state index contributed by atoms with van der Waals surface area (Å²) in [5, 5.41) is 9.51. The summed E-state index contributed by atoms with van der Waals surface area (Å²) in [5.41, 5.74) is 0.705. The Morgan fingerprint density at radius 3 is 2.70 bits per heavy atom. The summed E-state index contributed by atoms with van der Waals surface area (Å²) in [6.07, 6.45) is 2.38. The molecule has 0 radical (unpaired) electrons. The molecule has 2 N–H and O–H groups in total. The minimum atomic E-state index is -0.920. The Morgan fingerprint density at radius 2 is 2.03 bits per heavy atom. The van der Waals surface area contributed by atoms with E-state index >= 15 is 0 Å². The number of carbonyl (C=O) groups is 1. The largest absolute Gasteiger partial charge is 0.435 e. The van der Waals surface area contributed by atoms with Gasteiger partial charge >= 0.3 is 0 Å². The summed E-state index contributed by atoms with van der Waals surface area (Å²) in [4.78, 5) is 27.9. The highest BCUT2D eigenvalue weighted by Gasteiger charge is 2.17. The summed E-state index contributed by atoms with van der Waals surface area (Å²) in [6, 6.07) is 5.80. The number of ether oxygens (including phenoxy) is 1. The molecule has 154 valence electrons. The van der Waals surface area contributed by atoms with Crippen LogP contribution < -0.4 is 20.9 Å². The van der Waals surface area contributed by atoms with E-state index in [1.807, 2.05) is 0 Å². The maximum absolute atomic E-state index is 14.1. The first-order chi connectivity index (χ1) is 14.3. The minimum Gasteiger partial charge on any atom is -0.435 e. The maximum Gasteiger partial charge on any atom is 0.289 e. The Bertz CT molecular complexity index is 1190. The molecule has 0 bridgehead atoms. The van der Waals surface area contributed by atoms with Gasteiger partial charge in [-0.3, -0.25) is 9.59 Å². The number of nitrogens with zero attached hydrogens (tertiary/aromatic N) is 3. The number of hydrogen-bond acceptors (Lipinski definition) is 6. The quantitative estimate of drug-likeness (QED) is 0.603. The van der Waals surface area contributed by atoms with Crippen LogP contribution in [0.5, 0.6) is 11.6 Å². The summed E-state index contributed by atoms with van der Waals surface area (Å²) in [6.45, 7) is 3.38. The smallest absolute Gasteiger partial charge is 0.289 e. The number of nitrogens with one attached hydrogen (secondary N) is 2. The third-order valence-corrected chi connectivity index (χ3v) is 4.01. The van der Waals surface area contributed by atoms with E-state index in [2.05, 4.69) is 27.3 Å². The molecule has 0 aliphatic rings. The monoisotopic (exact) mass is 413 g/mol. The number of aromatic nitrogens is 3. The molecule has 2 heterocycles. The predicted molar refractivity (Wildman–Crippen MR) is 108 cm³/mol. The van der Waals surface area contributed by atoms with E-state index in [4.69, 9.17) is 4.74 Å². The molecule has 3 aromatic rings. The van der Waals surface area contributed by atoms with Crippen molar-refractivity contribution >= 4 is 17.3 Å². The fourth-order valence-electron chi connectivity index (χ4n) is 2.56. The van der Waals surface area contributed by atoms with E-state index in [1.54, 1.807) is 7.05 Å². The molecule has 0 aliphatic heterocycles. The van der Waals surface area contributed by atoms with E-state index in [1.165, 1.54) is 25.4 Å². The molecule has 8 nitrogen and oxygen atoms in total. The molecule has 2 aromatic heterocycles. The van der Waals surface area contributed by atoms with Gasteiger partial charge in [-0.25, -0.2) is 18.4 Å². The van der Waals surface area contributed by atoms with Gasteiger partial charge in [0, 0.05) is 20.2 Å². The summed E-state index contributed by atoms with van der Waals surface area (Å²) >= 11 is 0. The van der Waals surface area contributed by atoms with Gasteiger partial charge in [0.2, 0.25) is 11.8 Å². The van der Waals surface area contributed by atoms with Crippen molar-refractivity contribution in [2.45, 2.75) is 0 Å². The van der Waals surface area contributed by atoms with Crippen molar-refractivity contribution in [3.8, 4) is 22.9 Å². The molecule has 1 aromatic carbocycles. The second kappa shape index (κ2) is 8.52. The molecule has 0 atom stereocenters. The molecule has 1 amide bonds. The first kappa shape index (κ1) is 20.6. The van der Waals surface area contributed by atoms with Gasteiger partial charge < -0.3 is 15.4 Å². The van der Waals surface area contributed by atoms with E-state index in [-0.39, 0.29) is 34.1 Å². The number of rotatable bonds is 6. The Kier molecular flexibility index (Phi) is 5.86. The van der Waals surface area contributed by atoms with Crippen LogP contribution in [0.25, 0.3) is 11.3 Å². The van der Waals surface area contributed by atoms with Gasteiger partial charge in [-0.1, -0.05) is 6.58 Å². The van der Waals surface area contributed by atoms with Crippen LogP contribution in [0, 0.1) is 11.6 Å². The highest BCUT2D eigenvalue weighted by atomic mass is 19.1. The number of carbonyl (C=O) groups excluding carboxylic acids is 1. The first-order valence-electron chi connectivity index (χ1n) is 8.65. The lowest BCUT2D eigenvalue weighted by Gasteiger charge is -2.13. The van der Waals surface area contributed by atoms with E-state index in [9.17, 15) is 18.4 Å². The van der Waals surface area contributed by atoms with E-state index < -0.39 is 17.5 Å². The van der Waals surface area contributed by atoms with Gasteiger partial charge in [-0.2, -0.15) is 5.10 Å². The molecular weight excluding hydrogens is 396 g/mol. The fourth-order valence-corrected chi connectivity index (χ4v) is 2.56. The molecule has 3 rings (SSSR count). The third-order valence-electron chi connectivity index (χ3n) is 4.01. The molecule has 30 heavy (non-hydrogen) atoms. The average Bonchev–Trinajstić information content (AvgIpc) is 2.72. The van der Waals surface area contributed by atoms with Crippen LogP contribution in [0.15, 0.2) is 54.0 Å². The molecule has 0 aliphatic carbocycles. The van der Waals surface area contributed by atoms with E-state index in [0.29, 0.717) is 11.8 Å². The fraction of sp³-hybridized carbons (Fsp3) is 0.100. The zero-order chi connectivity index (χ0) is 21.8. The number of aryl methyl sites for hydroxylation is 1. The van der Waals surface area contributed by atoms with Crippen LogP contribution in [-0.4, -0.2) is 27.7 Å². The Balaban J connectivity index is 2.15. The van der Waals surface area contributed by atoms with Gasteiger partial charge in [0.1, 0.15) is 11.5 Å². The molecule has 0 saturated carbocycles. The van der Waals surface area contributed by atoms with Gasteiger partial charge in [-0.05, 0) is 30.3 Å². The second-order valence-electron chi connectivity index (χ2n) is 6.07. The highest BCUT2D eigenvalue weighted by Crippen LogP contribution is 2.34. The lowest BCUT2D eigenvalue weighted by atomic mass is 10.1. The van der Waals surface area contributed by atoms with Gasteiger partial charge in [0.25, 0.3) is 5.56 Å². The Hall–Kier alpha value is -4.08. The molecule has 0 unspecified atom stereocenters. The van der Waals surface area contributed by atoms with Crippen LogP contribution in [0.3, 0.4) is 0 Å². The Morgan fingerprint density at radius 1 is 1.27 bits per heavy atom. The molecular formula is C20H17F2N5O3. The Labute approximate surface area is 169 Å². The lowest BCUT2D eigenvalue weighted by Crippen LogP contribution is -2.22. The number of hydrogen-bond donors (Lipinski definition) is 2. The van der Waals surface area contributed by atoms with Gasteiger partial charge in [0.15, 0.2) is 11.6 Å². The number of halogens is 2. The van der Waals surface area contributed by atoms with Crippen molar-refractivity contribution < 1.29 is 18.3 Å². The lowest BCUT2D eigenvalue weighted by molar-refractivity contribution is -0.111. The van der Waals surface area contributed by atoms with Gasteiger partial charge in [-0.15, -0.1) is 0 Å². The molecule has 0 fully saturated rings. The summed E-state index contributed by atoms with van der Waals surface area (Å²) in [5.74, 6) is -2.47.